The van der Waals surface area contributed by atoms with E-state index in [0.29, 0.717) is 12.5 Å². The van der Waals surface area contributed by atoms with Crippen molar-refractivity contribution in [3.8, 4) is 5.69 Å². The maximum absolute atomic E-state index is 4.13. The van der Waals surface area contributed by atoms with E-state index in [1.165, 1.54) is 30.4 Å². The molecule has 1 aliphatic rings. The minimum atomic E-state index is 0.624. The lowest BCUT2D eigenvalue weighted by atomic mass is 10.1. The van der Waals surface area contributed by atoms with Crippen molar-refractivity contribution in [3.63, 3.8) is 0 Å². The van der Waals surface area contributed by atoms with Crippen LogP contribution in [0.3, 0.4) is 0 Å². The van der Waals surface area contributed by atoms with E-state index in [2.05, 4.69) is 52.9 Å². The van der Waals surface area contributed by atoms with Crippen molar-refractivity contribution in [2.75, 3.05) is 6.54 Å². The van der Waals surface area contributed by atoms with Crippen LogP contribution in [0, 0.1) is 5.92 Å². The van der Waals surface area contributed by atoms with E-state index in [1.807, 2.05) is 4.68 Å². The Labute approximate surface area is 119 Å². The van der Waals surface area contributed by atoms with E-state index < -0.39 is 0 Å². The first-order valence-electron chi connectivity index (χ1n) is 7.34. The Morgan fingerprint density at radius 1 is 1.25 bits per heavy atom. The summed E-state index contributed by atoms with van der Waals surface area (Å²) in [6.45, 7) is 6.05. The molecule has 0 fully saturated rings. The number of benzene rings is 1. The normalized spacial score (nSPS) is 13.9. The number of aryl methyl sites for hydroxylation is 2. The molecule has 0 atom stereocenters. The molecule has 0 bridgehead atoms. The van der Waals surface area contributed by atoms with Gasteiger partial charge < -0.3 is 5.32 Å². The summed E-state index contributed by atoms with van der Waals surface area (Å²) >= 11 is 0. The number of hydrogen-bond donors (Lipinski definition) is 1. The maximum atomic E-state index is 4.13. The molecule has 3 rings (SSSR count). The standard InChI is InChI=1S/C15H21N5/c1-11(2)9-16-10-15-17-18-19-20(15)14-7-6-12-4-3-5-13(12)8-14/h6-8,11,16H,3-5,9-10H2,1-2H3. The number of aromatic nitrogens is 4. The van der Waals surface area contributed by atoms with Crippen LogP contribution in [0.1, 0.15) is 37.2 Å². The highest BCUT2D eigenvalue weighted by molar-refractivity contribution is 5.42. The van der Waals surface area contributed by atoms with Crippen molar-refractivity contribution in [2.24, 2.45) is 5.92 Å². The molecule has 0 amide bonds. The van der Waals surface area contributed by atoms with Gasteiger partial charge in [0.2, 0.25) is 0 Å². The second-order valence-corrected chi connectivity index (χ2v) is 5.84. The van der Waals surface area contributed by atoms with Crippen LogP contribution in [0.25, 0.3) is 5.69 Å². The summed E-state index contributed by atoms with van der Waals surface area (Å²) in [7, 11) is 0. The molecule has 5 heteroatoms. The first kappa shape index (κ1) is 13.2. The fourth-order valence-electron chi connectivity index (χ4n) is 2.68. The lowest BCUT2D eigenvalue weighted by Crippen LogP contribution is -2.21. The molecule has 106 valence electrons. The predicted molar refractivity (Wildman–Crippen MR) is 77.7 cm³/mol. The van der Waals surface area contributed by atoms with Crippen LogP contribution in [0.15, 0.2) is 18.2 Å². The Bertz CT molecular complexity index is 588. The van der Waals surface area contributed by atoms with Gasteiger partial charge in [-0.1, -0.05) is 19.9 Å². The van der Waals surface area contributed by atoms with E-state index in [-0.39, 0.29) is 0 Å². The Hall–Kier alpha value is -1.75. The van der Waals surface area contributed by atoms with E-state index in [9.17, 15) is 0 Å². The molecule has 0 aliphatic heterocycles. The minimum Gasteiger partial charge on any atom is -0.310 e. The van der Waals surface area contributed by atoms with Crippen molar-refractivity contribution >= 4 is 0 Å². The largest absolute Gasteiger partial charge is 0.310 e. The Kier molecular flexibility index (Phi) is 3.78. The molecule has 0 saturated carbocycles. The van der Waals surface area contributed by atoms with Crippen LogP contribution >= 0.6 is 0 Å². The molecule has 1 aliphatic carbocycles. The molecule has 20 heavy (non-hydrogen) atoms. The Morgan fingerprint density at radius 2 is 2.10 bits per heavy atom. The highest BCUT2D eigenvalue weighted by Crippen LogP contribution is 2.24. The van der Waals surface area contributed by atoms with Gasteiger partial charge in [-0.15, -0.1) is 5.10 Å². The summed E-state index contributed by atoms with van der Waals surface area (Å²) in [6.07, 6.45) is 3.64. The second kappa shape index (κ2) is 5.71. The third-order valence-corrected chi connectivity index (χ3v) is 3.70. The smallest absolute Gasteiger partial charge is 0.170 e. The Balaban J connectivity index is 1.78. The van der Waals surface area contributed by atoms with Gasteiger partial charge in [-0.3, -0.25) is 0 Å². The van der Waals surface area contributed by atoms with Crippen LogP contribution < -0.4 is 5.32 Å². The monoisotopic (exact) mass is 271 g/mol. The molecule has 0 spiro atoms. The highest BCUT2D eigenvalue weighted by atomic mass is 15.5. The van der Waals surface area contributed by atoms with Crippen molar-refractivity contribution < 1.29 is 0 Å². The van der Waals surface area contributed by atoms with Crippen molar-refractivity contribution in [1.29, 1.82) is 0 Å². The predicted octanol–water partition coefficient (Wildman–Crippen LogP) is 1.90. The first-order valence-corrected chi connectivity index (χ1v) is 7.34. The lowest BCUT2D eigenvalue weighted by Gasteiger charge is -2.09. The van der Waals surface area contributed by atoms with E-state index in [1.54, 1.807) is 0 Å². The molecule has 0 saturated heterocycles. The average Bonchev–Trinajstić information content (AvgIpc) is 3.05. The number of tetrazole rings is 1. The van der Waals surface area contributed by atoms with Crippen LogP contribution in [-0.2, 0) is 19.4 Å². The van der Waals surface area contributed by atoms with E-state index >= 15 is 0 Å². The third kappa shape index (κ3) is 2.72. The summed E-state index contributed by atoms with van der Waals surface area (Å²) in [5.74, 6) is 1.49. The quantitative estimate of drug-likeness (QED) is 0.902. The molecule has 5 nitrogen and oxygen atoms in total. The summed E-state index contributed by atoms with van der Waals surface area (Å²) < 4.78 is 1.84. The fraction of sp³-hybridized carbons (Fsp3) is 0.533. The van der Waals surface area contributed by atoms with Gasteiger partial charge in [0.15, 0.2) is 5.82 Å². The maximum Gasteiger partial charge on any atom is 0.170 e. The number of rotatable bonds is 5. The highest BCUT2D eigenvalue weighted by Gasteiger charge is 2.14. The first-order chi connectivity index (χ1) is 9.74. The van der Waals surface area contributed by atoms with Gasteiger partial charge in [0, 0.05) is 0 Å². The average molecular weight is 271 g/mol. The molecular formula is C15H21N5. The van der Waals surface area contributed by atoms with E-state index in [0.717, 1.165) is 18.1 Å². The van der Waals surface area contributed by atoms with Crippen LogP contribution in [-0.4, -0.2) is 26.8 Å². The van der Waals surface area contributed by atoms with Gasteiger partial charge >= 0.3 is 0 Å². The number of fused-ring (bicyclic) bond motifs is 1. The van der Waals surface area contributed by atoms with Gasteiger partial charge in [-0.05, 0) is 65.4 Å². The van der Waals surface area contributed by atoms with Crippen LogP contribution in [0.2, 0.25) is 0 Å². The second-order valence-electron chi connectivity index (χ2n) is 5.84. The molecule has 2 aromatic rings. The third-order valence-electron chi connectivity index (χ3n) is 3.70. The molecule has 1 heterocycles. The SMILES string of the molecule is CC(C)CNCc1nnnn1-c1ccc2c(c1)CCC2. The Morgan fingerprint density at radius 3 is 2.95 bits per heavy atom. The number of nitrogens with one attached hydrogen (secondary N) is 1. The summed E-state index contributed by atoms with van der Waals surface area (Å²) in [4.78, 5) is 0. The van der Waals surface area contributed by atoms with Crippen molar-refractivity contribution in [2.45, 2.75) is 39.7 Å². The topological polar surface area (TPSA) is 55.6 Å². The zero-order chi connectivity index (χ0) is 13.9. The van der Waals surface area contributed by atoms with Gasteiger partial charge in [-0.2, -0.15) is 4.68 Å². The summed E-state index contributed by atoms with van der Waals surface area (Å²) in [5.41, 5.74) is 3.98. The molecular weight excluding hydrogens is 250 g/mol. The van der Waals surface area contributed by atoms with Crippen LogP contribution in [0.4, 0.5) is 0 Å². The van der Waals surface area contributed by atoms with Crippen molar-refractivity contribution in [1.82, 2.24) is 25.5 Å². The minimum absolute atomic E-state index is 0.624. The fourth-order valence-corrected chi connectivity index (χ4v) is 2.68. The number of hydrogen-bond acceptors (Lipinski definition) is 4. The van der Waals surface area contributed by atoms with E-state index in [4.69, 9.17) is 0 Å². The zero-order valence-electron chi connectivity index (χ0n) is 12.1. The molecule has 1 aromatic heterocycles. The zero-order valence-corrected chi connectivity index (χ0v) is 12.1. The molecule has 1 N–H and O–H groups in total. The molecule has 0 unspecified atom stereocenters. The molecule has 1 aromatic carbocycles. The van der Waals surface area contributed by atoms with Crippen molar-refractivity contribution in [3.05, 3.63) is 35.2 Å². The summed E-state index contributed by atoms with van der Waals surface area (Å²) in [6, 6.07) is 6.56. The summed E-state index contributed by atoms with van der Waals surface area (Å²) in [5, 5.41) is 15.4. The van der Waals surface area contributed by atoms with Gasteiger partial charge in [-0.25, -0.2) is 0 Å². The lowest BCUT2D eigenvalue weighted by molar-refractivity contribution is 0.537. The van der Waals surface area contributed by atoms with Gasteiger partial charge in [0.05, 0.1) is 12.2 Å². The van der Waals surface area contributed by atoms with Gasteiger partial charge in [0.1, 0.15) is 0 Å². The molecule has 0 radical (unpaired) electrons. The number of nitrogens with zero attached hydrogens (tertiary/aromatic N) is 4. The van der Waals surface area contributed by atoms with Gasteiger partial charge in [0.25, 0.3) is 0 Å². The van der Waals surface area contributed by atoms with Crippen LogP contribution in [0.5, 0.6) is 0 Å².